The summed E-state index contributed by atoms with van der Waals surface area (Å²) in [6.45, 7) is 5.79. The highest BCUT2D eigenvalue weighted by molar-refractivity contribution is 6.11. The predicted octanol–water partition coefficient (Wildman–Crippen LogP) is 3.81. The molecule has 1 aliphatic heterocycles. The minimum Gasteiger partial charge on any atom is -0.327 e. The maximum absolute atomic E-state index is 13.0. The maximum atomic E-state index is 13.0. The average molecular weight is 320 g/mol. The van der Waals surface area contributed by atoms with Crippen LogP contribution in [0.4, 0.5) is 4.79 Å². The third-order valence-electron chi connectivity index (χ3n) is 4.29. The topological polar surface area (TPSA) is 58.2 Å². The zero-order valence-corrected chi connectivity index (χ0v) is 14.0. The molecule has 0 aromatic heterocycles. The molecule has 0 radical (unpaired) electrons. The van der Waals surface area contributed by atoms with Gasteiger partial charge >= 0.3 is 6.03 Å². The summed E-state index contributed by atoms with van der Waals surface area (Å²) >= 11 is 0. The Balaban J connectivity index is 2.10. The Labute approximate surface area is 141 Å². The average Bonchev–Trinajstić information content (AvgIpc) is 2.54. The molecule has 24 heavy (non-hydrogen) atoms. The van der Waals surface area contributed by atoms with Crippen molar-refractivity contribution in [2.45, 2.75) is 26.8 Å². The van der Waals surface area contributed by atoms with Crippen LogP contribution in [0.3, 0.4) is 0 Å². The van der Waals surface area contributed by atoms with Gasteiger partial charge in [-0.25, -0.2) is 4.79 Å². The lowest BCUT2D eigenvalue weighted by atomic mass is 9.87. The highest BCUT2D eigenvalue weighted by Crippen LogP contribution is 2.31. The van der Waals surface area contributed by atoms with Crippen molar-refractivity contribution in [2.24, 2.45) is 0 Å². The number of ketones is 1. The summed E-state index contributed by atoms with van der Waals surface area (Å²) in [7, 11) is 0. The lowest BCUT2D eigenvalue weighted by Crippen LogP contribution is -2.45. The summed E-state index contributed by atoms with van der Waals surface area (Å²) < 4.78 is 0. The number of carbonyl (C=O) groups is 2. The van der Waals surface area contributed by atoms with Crippen molar-refractivity contribution in [1.82, 2.24) is 10.6 Å². The Bertz CT molecular complexity index is 838. The van der Waals surface area contributed by atoms with Gasteiger partial charge in [0.2, 0.25) is 0 Å². The highest BCUT2D eigenvalue weighted by Gasteiger charge is 2.32. The third kappa shape index (κ3) is 2.95. The second-order valence-corrected chi connectivity index (χ2v) is 6.13. The lowest BCUT2D eigenvalue weighted by Gasteiger charge is -2.29. The molecule has 122 valence electrons. The number of Topliss-reactive ketones (excluding diaryl/α,β-unsaturated/α-hetero) is 1. The normalized spacial score (nSPS) is 17.3. The molecule has 2 aromatic rings. The molecule has 2 aromatic carbocycles. The van der Waals surface area contributed by atoms with Gasteiger partial charge in [-0.2, -0.15) is 0 Å². The molecule has 2 amide bonds. The van der Waals surface area contributed by atoms with Crippen LogP contribution < -0.4 is 10.6 Å². The summed E-state index contributed by atoms with van der Waals surface area (Å²) in [5.41, 5.74) is 4.92. The first-order valence-corrected chi connectivity index (χ1v) is 7.92. The summed E-state index contributed by atoms with van der Waals surface area (Å²) in [5.74, 6) is -0.0782. The number of benzene rings is 2. The van der Waals surface area contributed by atoms with E-state index in [1.807, 2.05) is 44.2 Å². The third-order valence-corrected chi connectivity index (χ3v) is 4.29. The van der Waals surface area contributed by atoms with E-state index in [-0.39, 0.29) is 11.8 Å². The fourth-order valence-electron chi connectivity index (χ4n) is 3.12. The van der Waals surface area contributed by atoms with Crippen LogP contribution in [-0.2, 0) is 0 Å². The molecule has 0 bridgehead atoms. The first kappa shape index (κ1) is 16.0. The highest BCUT2D eigenvalue weighted by atomic mass is 16.2. The van der Waals surface area contributed by atoms with Crippen molar-refractivity contribution in [3.63, 3.8) is 0 Å². The van der Waals surface area contributed by atoms with E-state index in [0.717, 1.165) is 16.7 Å². The van der Waals surface area contributed by atoms with Gasteiger partial charge in [0.1, 0.15) is 0 Å². The number of urea groups is 1. The van der Waals surface area contributed by atoms with E-state index < -0.39 is 6.04 Å². The van der Waals surface area contributed by atoms with Crippen LogP contribution in [0.5, 0.6) is 0 Å². The Morgan fingerprint density at radius 3 is 2.38 bits per heavy atom. The van der Waals surface area contributed by atoms with Gasteiger partial charge in [-0.15, -0.1) is 0 Å². The fraction of sp³-hybridized carbons (Fsp3) is 0.200. The number of aryl methyl sites for hydroxylation is 2. The van der Waals surface area contributed by atoms with Crippen molar-refractivity contribution in [3.05, 3.63) is 82.1 Å². The molecular weight excluding hydrogens is 300 g/mol. The van der Waals surface area contributed by atoms with Crippen molar-refractivity contribution < 1.29 is 9.59 Å². The zero-order valence-electron chi connectivity index (χ0n) is 14.0. The molecule has 3 rings (SSSR count). The van der Waals surface area contributed by atoms with Gasteiger partial charge in [-0.05, 0) is 31.9 Å². The Kier molecular flexibility index (Phi) is 4.21. The van der Waals surface area contributed by atoms with E-state index in [1.165, 1.54) is 0 Å². The monoisotopic (exact) mass is 320 g/mol. The number of hydrogen-bond donors (Lipinski definition) is 2. The Morgan fingerprint density at radius 2 is 1.71 bits per heavy atom. The zero-order chi connectivity index (χ0) is 17.3. The van der Waals surface area contributed by atoms with Crippen LogP contribution in [0, 0.1) is 13.8 Å². The maximum Gasteiger partial charge on any atom is 0.319 e. The summed E-state index contributed by atoms with van der Waals surface area (Å²) in [6.07, 6.45) is 0. The van der Waals surface area contributed by atoms with Gasteiger partial charge in [0.25, 0.3) is 0 Å². The molecule has 4 nitrogen and oxygen atoms in total. The number of nitrogens with one attached hydrogen (secondary N) is 2. The number of rotatable bonds is 3. The number of allylic oxidation sites excluding steroid dienone is 1. The molecule has 2 N–H and O–H groups in total. The van der Waals surface area contributed by atoms with Gasteiger partial charge in [-0.3, -0.25) is 4.79 Å². The smallest absolute Gasteiger partial charge is 0.319 e. The van der Waals surface area contributed by atoms with E-state index in [9.17, 15) is 9.59 Å². The Morgan fingerprint density at radius 1 is 1.00 bits per heavy atom. The first-order chi connectivity index (χ1) is 11.5. The van der Waals surface area contributed by atoms with Crippen LogP contribution in [0.15, 0.2) is 59.8 Å². The molecular formula is C20H20N2O2. The molecule has 0 unspecified atom stereocenters. The van der Waals surface area contributed by atoms with Crippen molar-refractivity contribution >= 4 is 11.8 Å². The first-order valence-electron chi connectivity index (χ1n) is 7.92. The van der Waals surface area contributed by atoms with Gasteiger partial charge < -0.3 is 10.6 Å². The van der Waals surface area contributed by atoms with Gasteiger partial charge in [0.15, 0.2) is 5.78 Å². The van der Waals surface area contributed by atoms with Crippen LogP contribution >= 0.6 is 0 Å². The van der Waals surface area contributed by atoms with E-state index in [2.05, 4.69) is 16.7 Å². The van der Waals surface area contributed by atoms with Crippen LogP contribution in [0.2, 0.25) is 0 Å². The number of hydrogen-bond acceptors (Lipinski definition) is 2. The van der Waals surface area contributed by atoms with Crippen molar-refractivity contribution in [1.29, 1.82) is 0 Å². The van der Waals surface area contributed by atoms with Crippen molar-refractivity contribution in [2.75, 3.05) is 0 Å². The summed E-state index contributed by atoms with van der Waals surface area (Å²) in [5, 5.41) is 5.61. The minimum absolute atomic E-state index is 0.0782. The largest absolute Gasteiger partial charge is 0.327 e. The van der Waals surface area contributed by atoms with Gasteiger partial charge in [0, 0.05) is 16.8 Å². The molecule has 4 heteroatoms. The van der Waals surface area contributed by atoms with Gasteiger partial charge in [-0.1, -0.05) is 54.1 Å². The quantitative estimate of drug-likeness (QED) is 0.845. The number of amides is 2. The van der Waals surface area contributed by atoms with Crippen LogP contribution in [0.25, 0.3) is 0 Å². The fourth-order valence-corrected chi connectivity index (χ4v) is 3.12. The second-order valence-electron chi connectivity index (χ2n) is 6.13. The molecule has 1 aliphatic rings. The minimum atomic E-state index is -0.452. The number of carbonyl (C=O) groups excluding carboxylic acids is 2. The molecule has 1 heterocycles. The van der Waals surface area contributed by atoms with E-state index in [0.29, 0.717) is 16.8 Å². The lowest BCUT2D eigenvalue weighted by molar-refractivity contribution is 0.102. The second kappa shape index (κ2) is 6.32. The predicted molar refractivity (Wildman–Crippen MR) is 93.8 cm³/mol. The van der Waals surface area contributed by atoms with Crippen LogP contribution in [-0.4, -0.2) is 11.8 Å². The van der Waals surface area contributed by atoms with Crippen molar-refractivity contribution in [3.8, 4) is 0 Å². The molecule has 0 fully saturated rings. The summed E-state index contributed by atoms with van der Waals surface area (Å²) in [4.78, 5) is 25.0. The molecule has 0 aliphatic carbocycles. The van der Waals surface area contributed by atoms with Crippen LogP contribution in [0.1, 0.15) is 40.0 Å². The molecule has 0 saturated heterocycles. The molecule has 0 saturated carbocycles. The van der Waals surface area contributed by atoms with E-state index in [4.69, 9.17) is 0 Å². The standard InChI is InChI=1S/C20H20N2O2/c1-12-9-10-16(13(2)11-12)18-17(14(3)21-20(24)22-18)19(23)15-7-5-4-6-8-15/h4-11,18H,1-3H3,(H2,21,22,24)/t18-/m1/s1. The van der Waals surface area contributed by atoms with E-state index in [1.54, 1.807) is 19.1 Å². The molecule has 0 spiro atoms. The molecule has 1 atom stereocenters. The SMILES string of the molecule is CC1=C(C(=O)c2ccccc2)[C@@H](c2ccc(C)cc2C)NC(=O)N1. The Hall–Kier alpha value is -2.88. The summed E-state index contributed by atoms with van der Waals surface area (Å²) in [6, 6.07) is 14.4. The van der Waals surface area contributed by atoms with Gasteiger partial charge in [0.05, 0.1) is 6.04 Å². The van der Waals surface area contributed by atoms with E-state index >= 15 is 0 Å².